The number of likely N-dealkylation sites (N-methyl/N-ethyl adjacent to an activating group) is 1. The molecular formula is C27H39N3O3S. The third kappa shape index (κ3) is 6.26. The summed E-state index contributed by atoms with van der Waals surface area (Å²) in [6.07, 6.45) is 2.07. The lowest BCUT2D eigenvalue weighted by molar-refractivity contribution is -0.126. The summed E-state index contributed by atoms with van der Waals surface area (Å²) in [5, 5.41) is 3.11. The molecule has 0 aromatic heterocycles. The van der Waals surface area contributed by atoms with Gasteiger partial charge in [0.2, 0.25) is 15.9 Å². The summed E-state index contributed by atoms with van der Waals surface area (Å²) in [6.45, 7) is 7.56. The molecule has 2 aromatic carbocycles. The van der Waals surface area contributed by atoms with Gasteiger partial charge in [0.05, 0.1) is 10.9 Å². The van der Waals surface area contributed by atoms with Gasteiger partial charge in [0.15, 0.2) is 0 Å². The molecule has 7 heteroatoms. The second kappa shape index (κ2) is 11.5. The maximum Gasteiger partial charge on any atom is 0.243 e. The minimum atomic E-state index is -3.54. The van der Waals surface area contributed by atoms with E-state index in [0.29, 0.717) is 43.3 Å². The van der Waals surface area contributed by atoms with Crippen LogP contribution in [0.25, 0.3) is 0 Å². The van der Waals surface area contributed by atoms with Gasteiger partial charge in [-0.2, -0.15) is 4.31 Å². The van der Waals surface area contributed by atoms with Crippen molar-refractivity contribution in [3.63, 3.8) is 0 Å². The Morgan fingerprint density at radius 2 is 1.56 bits per heavy atom. The Bertz CT molecular complexity index is 1040. The third-order valence-corrected chi connectivity index (χ3v) is 8.79. The van der Waals surface area contributed by atoms with Gasteiger partial charge in [-0.3, -0.25) is 4.79 Å². The molecule has 0 bridgehead atoms. The molecule has 0 spiro atoms. The summed E-state index contributed by atoms with van der Waals surface area (Å²) < 4.78 is 27.6. The molecular weight excluding hydrogens is 446 g/mol. The molecule has 1 aliphatic rings. The van der Waals surface area contributed by atoms with E-state index in [0.717, 1.165) is 12.0 Å². The summed E-state index contributed by atoms with van der Waals surface area (Å²) in [4.78, 5) is 15.3. The highest BCUT2D eigenvalue weighted by Gasteiger charge is 2.32. The molecule has 0 aliphatic carbocycles. The number of sulfonamides is 1. The van der Waals surface area contributed by atoms with Crippen molar-refractivity contribution in [1.82, 2.24) is 14.5 Å². The quantitative estimate of drug-likeness (QED) is 0.578. The molecule has 1 fully saturated rings. The number of carbonyl (C=O) groups excluding carboxylic acids is 1. The number of benzene rings is 2. The van der Waals surface area contributed by atoms with Gasteiger partial charge in [0, 0.05) is 25.6 Å². The fourth-order valence-electron chi connectivity index (χ4n) is 4.45. The zero-order valence-electron chi connectivity index (χ0n) is 21.1. The standard InChI is InChI=1S/C27H39N3O3S/c1-6-21-7-9-23(10-8-21)26(29(4)5)19-28-27(31)24-15-17-30(18-16-24)34(32,33)25-13-11-22(12-14-25)20(2)3/h7-14,20,24,26H,6,15-19H2,1-5H3,(H,28,31). The van der Waals surface area contributed by atoms with Gasteiger partial charge in [-0.05, 0) is 68.1 Å². The van der Waals surface area contributed by atoms with Gasteiger partial charge in [-0.1, -0.05) is 57.2 Å². The molecule has 1 N–H and O–H groups in total. The molecule has 186 valence electrons. The van der Waals surface area contributed by atoms with Crippen LogP contribution in [0, 0.1) is 5.92 Å². The first kappa shape index (κ1) is 26.4. The van der Waals surface area contributed by atoms with Crippen molar-refractivity contribution >= 4 is 15.9 Å². The van der Waals surface area contributed by atoms with Crippen molar-refractivity contribution in [1.29, 1.82) is 0 Å². The van der Waals surface area contributed by atoms with Gasteiger partial charge >= 0.3 is 0 Å². The average Bonchev–Trinajstić information content (AvgIpc) is 2.84. The van der Waals surface area contributed by atoms with Crippen LogP contribution in [0.1, 0.15) is 62.3 Å². The zero-order chi connectivity index (χ0) is 24.9. The molecule has 1 unspecified atom stereocenters. The van der Waals surface area contributed by atoms with Crippen molar-refractivity contribution in [2.24, 2.45) is 5.92 Å². The summed E-state index contributed by atoms with van der Waals surface area (Å²) in [5.41, 5.74) is 3.58. The lowest BCUT2D eigenvalue weighted by atomic mass is 9.96. The van der Waals surface area contributed by atoms with Crippen LogP contribution in [0.15, 0.2) is 53.4 Å². The zero-order valence-corrected chi connectivity index (χ0v) is 21.9. The van der Waals surface area contributed by atoms with Gasteiger partial charge in [-0.15, -0.1) is 0 Å². The molecule has 3 rings (SSSR count). The fourth-order valence-corrected chi connectivity index (χ4v) is 5.92. The Labute approximate surface area is 205 Å². The number of piperidine rings is 1. The number of carbonyl (C=O) groups is 1. The fraction of sp³-hybridized carbons (Fsp3) is 0.519. The predicted octanol–water partition coefficient (Wildman–Crippen LogP) is 4.19. The topological polar surface area (TPSA) is 69.7 Å². The van der Waals surface area contributed by atoms with Crippen molar-refractivity contribution in [2.45, 2.75) is 56.9 Å². The summed E-state index contributed by atoms with van der Waals surface area (Å²) in [5.74, 6) is 0.198. The lowest BCUT2D eigenvalue weighted by Crippen LogP contribution is -2.44. The van der Waals surface area contributed by atoms with E-state index in [4.69, 9.17) is 0 Å². The maximum absolute atomic E-state index is 13.1. The third-order valence-electron chi connectivity index (χ3n) is 6.87. The maximum atomic E-state index is 13.1. The smallest absolute Gasteiger partial charge is 0.243 e. The molecule has 2 aromatic rings. The molecule has 1 amide bonds. The Hall–Kier alpha value is -2.22. The minimum absolute atomic E-state index is 0.00960. The number of nitrogens with zero attached hydrogens (tertiary/aromatic N) is 2. The highest BCUT2D eigenvalue weighted by molar-refractivity contribution is 7.89. The Morgan fingerprint density at radius 3 is 2.06 bits per heavy atom. The lowest BCUT2D eigenvalue weighted by Gasteiger charge is -2.31. The van der Waals surface area contributed by atoms with Crippen molar-refractivity contribution in [2.75, 3.05) is 33.7 Å². The van der Waals surface area contributed by atoms with E-state index in [2.05, 4.69) is 55.3 Å². The van der Waals surface area contributed by atoms with E-state index in [1.807, 2.05) is 26.2 Å². The largest absolute Gasteiger partial charge is 0.354 e. The number of rotatable bonds is 9. The number of nitrogens with one attached hydrogen (secondary N) is 1. The molecule has 1 aliphatic heterocycles. The van der Waals surface area contributed by atoms with E-state index < -0.39 is 10.0 Å². The Morgan fingerprint density at radius 1 is 1.00 bits per heavy atom. The second-order valence-electron chi connectivity index (χ2n) is 9.72. The van der Waals surface area contributed by atoms with Crippen LogP contribution in [-0.2, 0) is 21.2 Å². The van der Waals surface area contributed by atoms with Gasteiger partial charge in [-0.25, -0.2) is 8.42 Å². The first-order chi connectivity index (χ1) is 16.1. The SMILES string of the molecule is CCc1ccc(C(CNC(=O)C2CCN(S(=O)(=O)c3ccc(C(C)C)cc3)CC2)N(C)C)cc1. The van der Waals surface area contributed by atoms with Crippen LogP contribution in [0.2, 0.25) is 0 Å². The molecule has 6 nitrogen and oxygen atoms in total. The molecule has 1 saturated heterocycles. The van der Waals surface area contributed by atoms with Gasteiger partial charge in [0.1, 0.15) is 0 Å². The van der Waals surface area contributed by atoms with E-state index in [1.165, 1.54) is 15.4 Å². The first-order valence-electron chi connectivity index (χ1n) is 12.3. The highest BCUT2D eigenvalue weighted by Crippen LogP contribution is 2.26. The average molecular weight is 486 g/mol. The number of hydrogen-bond acceptors (Lipinski definition) is 4. The van der Waals surface area contributed by atoms with Crippen molar-refractivity contribution < 1.29 is 13.2 Å². The van der Waals surface area contributed by atoms with E-state index in [-0.39, 0.29) is 17.9 Å². The van der Waals surface area contributed by atoms with Gasteiger partial charge in [0.25, 0.3) is 0 Å². The molecule has 0 radical (unpaired) electrons. The van der Waals surface area contributed by atoms with Crippen LogP contribution in [-0.4, -0.2) is 57.3 Å². The van der Waals surface area contributed by atoms with E-state index >= 15 is 0 Å². The van der Waals surface area contributed by atoms with Crippen LogP contribution >= 0.6 is 0 Å². The minimum Gasteiger partial charge on any atom is -0.354 e. The van der Waals surface area contributed by atoms with E-state index in [1.54, 1.807) is 12.1 Å². The molecule has 1 heterocycles. The van der Waals surface area contributed by atoms with Crippen LogP contribution in [0.5, 0.6) is 0 Å². The van der Waals surface area contributed by atoms with Crippen molar-refractivity contribution in [3.05, 3.63) is 65.2 Å². The Balaban J connectivity index is 1.56. The first-order valence-corrected chi connectivity index (χ1v) is 13.7. The number of hydrogen-bond donors (Lipinski definition) is 1. The van der Waals surface area contributed by atoms with Gasteiger partial charge < -0.3 is 10.2 Å². The normalized spacial score (nSPS) is 16.7. The number of amides is 1. The number of aryl methyl sites for hydroxylation is 1. The van der Waals surface area contributed by atoms with E-state index in [9.17, 15) is 13.2 Å². The van der Waals surface area contributed by atoms with Crippen LogP contribution in [0.4, 0.5) is 0 Å². The Kier molecular flexibility index (Phi) is 8.90. The predicted molar refractivity (Wildman–Crippen MR) is 137 cm³/mol. The highest BCUT2D eigenvalue weighted by atomic mass is 32.2. The second-order valence-corrected chi connectivity index (χ2v) is 11.7. The van der Waals surface area contributed by atoms with Crippen molar-refractivity contribution in [3.8, 4) is 0 Å². The summed E-state index contributed by atoms with van der Waals surface area (Å²) in [6, 6.07) is 15.8. The summed E-state index contributed by atoms with van der Waals surface area (Å²) in [7, 11) is 0.493. The summed E-state index contributed by atoms with van der Waals surface area (Å²) >= 11 is 0. The molecule has 1 atom stereocenters. The van der Waals surface area contributed by atoms with Crippen LogP contribution < -0.4 is 5.32 Å². The monoisotopic (exact) mass is 485 g/mol. The van der Waals surface area contributed by atoms with Crippen LogP contribution in [0.3, 0.4) is 0 Å². The molecule has 34 heavy (non-hydrogen) atoms. The molecule has 0 saturated carbocycles.